The molecule has 122 valence electrons. The number of hydrogen-bond acceptors (Lipinski definition) is 4. The highest BCUT2D eigenvalue weighted by Gasteiger charge is 2.45. The van der Waals surface area contributed by atoms with E-state index < -0.39 is 5.67 Å². The number of amides is 1. The molecule has 0 aliphatic carbocycles. The Bertz CT molecular complexity index is 534. The Labute approximate surface area is 130 Å². The van der Waals surface area contributed by atoms with Gasteiger partial charge in [0.2, 0.25) is 5.67 Å². The first-order chi connectivity index (χ1) is 10.5. The van der Waals surface area contributed by atoms with Gasteiger partial charge < -0.3 is 9.42 Å². The maximum Gasteiger partial charge on any atom is 0.261 e. The van der Waals surface area contributed by atoms with Gasteiger partial charge in [0.15, 0.2) is 0 Å². The summed E-state index contributed by atoms with van der Waals surface area (Å²) in [6.07, 6.45) is 3.02. The van der Waals surface area contributed by atoms with Crippen LogP contribution in [0.15, 0.2) is 4.52 Å². The van der Waals surface area contributed by atoms with Gasteiger partial charge in [0.25, 0.3) is 5.91 Å². The van der Waals surface area contributed by atoms with Gasteiger partial charge in [-0.15, -0.1) is 0 Å². The lowest BCUT2D eigenvalue weighted by molar-refractivity contribution is -0.147. The van der Waals surface area contributed by atoms with Crippen LogP contribution in [0.3, 0.4) is 0 Å². The minimum Gasteiger partial charge on any atom is -0.361 e. The van der Waals surface area contributed by atoms with E-state index in [1.165, 1.54) is 0 Å². The molecule has 0 spiro atoms. The summed E-state index contributed by atoms with van der Waals surface area (Å²) in [6, 6.07) is 0. The molecule has 5 nitrogen and oxygen atoms in total. The zero-order chi connectivity index (χ0) is 15.7. The van der Waals surface area contributed by atoms with Crippen molar-refractivity contribution in [3.63, 3.8) is 0 Å². The van der Waals surface area contributed by atoms with E-state index in [0.29, 0.717) is 32.5 Å². The van der Waals surface area contributed by atoms with E-state index in [4.69, 9.17) is 4.52 Å². The molecule has 6 heteroatoms. The molecule has 1 amide bonds. The first-order valence-electron chi connectivity index (χ1n) is 8.12. The maximum atomic E-state index is 15.2. The number of hydrogen-bond donors (Lipinski definition) is 0. The Hall–Kier alpha value is -1.43. The van der Waals surface area contributed by atoms with Crippen molar-refractivity contribution < 1.29 is 13.7 Å². The fourth-order valence-electron chi connectivity index (χ4n) is 3.56. The molecular formula is C16H24FN3O2. The van der Waals surface area contributed by atoms with E-state index in [-0.39, 0.29) is 12.5 Å². The van der Waals surface area contributed by atoms with Gasteiger partial charge in [-0.05, 0) is 46.1 Å². The number of aryl methyl sites for hydroxylation is 2. The topological polar surface area (TPSA) is 49.6 Å². The van der Waals surface area contributed by atoms with Crippen molar-refractivity contribution in [3.05, 3.63) is 17.0 Å². The molecule has 3 rings (SSSR count). The van der Waals surface area contributed by atoms with Crippen LogP contribution >= 0.6 is 0 Å². The van der Waals surface area contributed by atoms with E-state index in [1.54, 1.807) is 4.90 Å². The molecule has 2 saturated heterocycles. The third kappa shape index (κ3) is 2.89. The van der Waals surface area contributed by atoms with E-state index in [0.717, 1.165) is 36.4 Å². The van der Waals surface area contributed by atoms with Crippen molar-refractivity contribution in [2.45, 2.75) is 51.7 Å². The standard InChI is InChI=1S/C16H24FN3O2/c1-12-14(13(2)22-18-12)10-19-7-5-6-16(17,11-19)15(21)20-8-3-4-9-20/h3-11H2,1-2H3. The van der Waals surface area contributed by atoms with Crippen molar-refractivity contribution >= 4 is 5.91 Å². The van der Waals surface area contributed by atoms with Gasteiger partial charge in [-0.25, -0.2) is 4.39 Å². The van der Waals surface area contributed by atoms with Crippen LogP contribution in [0.2, 0.25) is 0 Å². The third-order valence-corrected chi connectivity index (χ3v) is 4.86. The molecular weight excluding hydrogens is 285 g/mol. The molecule has 0 radical (unpaired) electrons. The van der Waals surface area contributed by atoms with Crippen molar-refractivity contribution in [3.8, 4) is 0 Å². The summed E-state index contributed by atoms with van der Waals surface area (Å²) in [5.41, 5.74) is 0.123. The minimum atomic E-state index is -1.73. The van der Waals surface area contributed by atoms with E-state index >= 15 is 4.39 Å². The summed E-state index contributed by atoms with van der Waals surface area (Å²) in [4.78, 5) is 16.2. The first kappa shape index (κ1) is 15.5. The molecule has 0 bridgehead atoms. The first-order valence-corrected chi connectivity index (χ1v) is 8.12. The highest BCUT2D eigenvalue weighted by atomic mass is 19.1. The van der Waals surface area contributed by atoms with Gasteiger partial charge in [0, 0.05) is 31.7 Å². The van der Waals surface area contributed by atoms with Crippen LogP contribution in [-0.4, -0.2) is 52.7 Å². The summed E-state index contributed by atoms with van der Waals surface area (Å²) in [7, 11) is 0. The smallest absolute Gasteiger partial charge is 0.261 e. The lowest BCUT2D eigenvalue weighted by atomic mass is 9.92. The predicted octanol–water partition coefficient (Wildman–Crippen LogP) is 2.22. The summed E-state index contributed by atoms with van der Waals surface area (Å²) >= 11 is 0. The second kappa shape index (κ2) is 5.99. The second-order valence-corrected chi connectivity index (χ2v) is 6.58. The highest BCUT2D eigenvalue weighted by molar-refractivity contribution is 5.85. The molecule has 0 aromatic carbocycles. The van der Waals surface area contributed by atoms with Gasteiger partial charge in [0.1, 0.15) is 5.76 Å². The average molecular weight is 309 g/mol. The van der Waals surface area contributed by atoms with Crippen molar-refractivity contribution in [1.29, 1.82) is 0 Å². The number of alkyl halides is 1. The van der Waals surface area contributed by atoms with Crippen molar-refractivity contribution in [1.82, 2.24) is 15.0 Å². The molecule has 1 aromatic heterocycles. The Balaban J connectivity index is 1.69. The van der Waals surface area contributed by atoms with Crippen LogP contribution in [0.1, 0.15) is 42.7 Å². The molecule has 0 saturated carbocycles. The number of aromatic nitrogens is 1. The number of halogens is 1. The van der Waals surface area contributed by atoms with Gasteiger partial charge in [-0.3, -0.25) is 9.69 Å². The molecule has 0 N–H and O–H groups in total. The fraction of sp³-hybridized carbons (Fsp3) is 0.750. The SMILES string of the molecule is Cc1noc(C)c1CN1CCCC(F)(C(=O)N2CCCC2)C1. The van der Waals surface area contributed by atoms with Crippen LogP contribution in [0.4, 0.5) is 4.39 Å². The van der Waals surface area contributed by atoms with E-state index in [1.807, 2.05) is 18.7 Å². The quantitative estimate of drug-likeness (QED) is 0.859. The number of nitrogens with zero attached hydrogens (tertiary/aromatic N) is 3. The molecule has 2 fully saturated rings. The van der Waals surface area contributed by atoms with Gasteiger partial charge >= 0.3 is 0 Å². The zero-order valence-electron chi connectivity index (χ0n) is 13.4. The summed E-state index contributed by atoms with van der Waals surface area (Å²) in [6.45, 7) is 6.75. The van der Waals surface area contributed by atoms with Crippen molar-refractivity contribution in [2.75, 3.05) is 26.2 Å². The normalized spacial score (nSPS) is 26.6. The third-order valence-electron chi connectivity index (χ3n) is 4.86. The van der Waals surface area contributed by atoms with Crippen LogP contribution in [-0.2, 0) is 11.3 Å². The monoisotopic (exact) mass is 309 g/mol. The van der Waals surface area contributed by atoms with Crippen LogP contribution < -0.4 is 0 Å². The lowest BCUT2D eigenvalue weighted by Gasteiger charge is -2.38. The van der Waals surface area contributed by atoms with Crippen LogP contribution in [0.25, 0.3) is 0 Å². The number of carbonyl (C=O) groups is 1. The van der Waals surface area contributed by atoms with Crippen molar-refractivity contribution in [2.24, 2.45) is 0 Å². The summed E-state index contributed by atoms with van der Waals surface area (Å²) < 4.78 is 20.4. The van der Waals surface area contributed by atoms with Gasteiger partial charge in [-0.2, -0.15) is 0 Å². The Morgan fingerprint density at radius 1 is 1.27 bits per heavy atom. The Kier molecular flexibility index (Phi) is 4.21. The largest absolute Gasteiger partial charge is 0.361 e. The molecule has 2 aliphatic rings. The summed E-state index contributed by atoms with van der Waals surface area (Å²) in [5, 5.41) is 3.95. The zero-order valence-corrected chi connectivity index (χ0v) is 13.4. The predicted molar refractivity (Wildman–Crippen MR) is 80.1 cm³/mol. The molecule has 22 heavy (non-hydrogen) atoms. The van der Waals surface area contributed by atoms with Crippen LogP contribution in [0.5, 0.6) is 0 Å². The Morgan fingerprint density at radius 3 is 2.64 bits per heavy atom. The lowest BCUT2D eigenvalue weighted by Crippen LogP contribution is -2.54. The molecule has 2 aliphatic heterocycles. The van der Waals surface area contributed by atoms with Gasteiger partial charge in [-0.1, -0.05) is 5.16 Å². The highest BCUT2D eigenvalue weighted by Crippen LogP contribution is 2.30. The average Bonchev–Trinajstić information content (AvgIpc) is 3.12. The molecule has 1 unspecified atom stereocenters. The molecule has 3 heterocycles. The number of piperidine rings is 1. The number of likely N-dealkylation sites (tertiary alicyclic amines) is 2. The van der Waals surface area contributed by atoms with Crippen LogP contribution in [0, 0.1) is 13.8 Å². The number of carbonyl (C=O) groups excluding carboxylic acids is 1. The minimum absolute atomic E-state index is 0.173. The number of rotatable bonds is 3. The molecule has 1 atom stereocenters. The second-order valence-electron chi connectivity index (χ2n) is 6.58. The van der Waals surface area contributed by atoms with E-state index in [9.17, 15) is 4.79 Å². The Morgan fingerprint density at radius 2 is 2.00 bits per heavy atom. The fourth-order valence-corrected chi connectivity index (χ4v) is 3.56. The van der Waals surface area contributed by atoms with E-state index in [2.05, 4.69) is 5.16 Å². The maximum absolute atomic E-state index is 15.2. The summed E-state index contributed by atoms with van der Waals surface area (Å²) in [5.74, 6) is 0.465. The van der Waals surface area contributed by atoms with Gasteiger partial charge in [0.05, 0.1) is 5.69 Å². The molecule has 1 aromatic rings.